The summed E-state index contributed by atoms with van der Waals surface area (Å²) in [4.78, 5) is 9.44. The molecule has 0 fully saturated rings. The van der Waals surface area contributed by atoms with Gasteiger partial charge in [-0.2, -0.15) is 13.8 Å². The van der Waals surface area contributed by atoms with Crippen molar-refractivity contribution in [1.29, 1.82) is 0 Å². The SMILES string of the molecule is CC(C)=O.C[C-](C)O.[Y]. The topological polar surface area (TPSA) is 37.3 Å². The van der Waals surface area contributed by atoms with Gasteiger partial charge < -0.3 is 9.90 Å². The van der Waals surface area contributed by atoms with Crippen molar-refractivity contribution in [3.05, 3.63) is 6.10 Å². The van der Waals surface area contributed by atoms with Crippen molar-refractivity contribution in [2.45, 2.75) is 27.7 Å². The van der Waals surface area contributed by atoms with E-state index in [9.17, 15) is 4.79 Å². The molecule has 0 amide bonds. The molecule has 0 rings (SSSR count). The molecule has 0 unspecified atom stereocenters. The molecule has 0 atom stereocenters. The average Bonchev–Trinajstić information content (AvgIpc) is 1.25. The monoisotopic (exact) mass is 206 g/mol. The normalized spacial score (nSPS) is 6.89. The van der Waals surface area contributed by atoms with Crippen LogP contribution in [0.2, 0.25) is 0 Å². The summed E-state index contributed by atoms with van der Waals surface area (Å²) < 4.78 is 0. The van der Waals surface area contributed by atoms with Crippen molar-refractivity contribution in [2.75, 3.05) is 0 Å². The molecule has 3 heteroatoms. The summed E-state index contributed by atoms with van der Waals surface area (Å²) in [6.45, 7) is 6.33. The Morgan fingerprint density at radius 1 is 1.33 bits per heavy atom. The number of rotatable bonds is 0. The van der Waals surface area contributed by atoms with Crippen LogP contribution in [0.4, 0.5) is 0 Å². The predicted molar refractivity (Wildman–Crippen MR) is 32.9 cm³/mol. The number of aliphatic hydroxyl groups is 1. The Kier molecular flexibility index (Phi) is 21.0. The van der Waals surface area contributed by atoms with E-state index < -0.39 is 0 Å². The average molecular weight is 206 g/mol. The van der Waals surface area contributed by atoms with Gasteiger partial charge in [-0.25, -0.2) is 6.10 Å². The zero-order chi connectivity index (χ0) is 7.15. The van der Waals surface area contributed by atoms with E-state index in [-0.39, 0.29) is 38.5 Å². The van der Waals surface area contributed by atoms with Crippen LogP contribution in [-0.2, 0) is 37.5 Å². The second-order valence-corrected chi connectivity index (χ2v) is 1.86. The largest absolute Gasteiger partial charge is 0.563 e. The van der Waals surface area contributed by atoms with E-state index in [0.717, 1.165) is 0 Å². The van der Waals surface area contributed by atoms with E-state index >= 15 is 0 Å². The van der Waals surface area contributed by atoms with Crippen LogP contribution in [0, 0.1) is 6.10 Å². The maximum Gasteiger partial charge on any atom is 0.126 e. The van der Waals surface area contributed by atoms with E-state index in [1.165, 1.54) is 13.8 Å². The van der Waals surface area contributed by atoms with Crippen molar-refractivity contribution in [1.82, 2.24) is 0 Å². The first-order valence-electron chi connectivity index (χ1n) is 2.43. The molecule has 9 heavy (non-hydrogen) atoms. The Morgan fingerprint density at radius 2 is 1.33 bits per heavy atom. The number of carbonyl (C=O) groups excluding carboxylic acids is 1. The maximum atomic E-state index is 9.44. The van der Waals surface area contributed by atoms with Gasteiger partial charge in [0, 0.05) is 32.7 Å². The summed E-state index contributed by atoms with van der Waals surface area (Å²) in [6, 6.07) is 0. The van der Waals surface area contributed by atoms with Gasteiger partial charge in [-0.05, 0) is 13.8 Å². The van der Waals surface area contributed by atoms with Crippen LogP contribution in [0.25, 0.3) is 0 Å². The van der Waals surface area contributed by atoms with Crippen LogP contribution in [0.3, 0.4) is 0 Å². The van der Waals surface area contributed by atoms with Crippen LogP contribution >= 0.6 is 0 Å². The first kappa shape index (κ1) is 16.4. The fourth-order valence-electron chi connectivity index (χ4n) is 0. The van der Waals surface area contributed by atoms with E-state index in [4.69, 9.17) is 5.11 Å². The molecule has 1 N–H and O–H groups in total. The molecule has 0 aromatic rings. The second-order valence-electron chi connectivity index (χ2n) is 1.86. The summed E-state index contributed by atoms with van der Waals surface area (Å²) in [5, 5.41) is 7.97. The molecule has 0 aromatic heterocycles. The van der Waals surface area contributed by atoms with Crippen molar-refractivity contribution < 1.29 is 42.6 Å². The van der Waals surface area contributed by atoms with Crippen LogP contribution in [0.5, 0.6) is 0 Å². The molecule has 0 saturated carbocycles. The molecule has 2 nitrogen and oxygen atoms in total. The molecule has 0 aliphatic heterocycles. The molecule has 0 aliphatic rings. The zero-order valence-electron chi connectivity index (χ0n) is 6.43. The van der Waals surface area contributed by atoms with Gasteiger partial charge in [0.15, 0.2) is 0 Å². The fourth-order valence-corrected chi connectivity index (χ4v) is 0. The third-order valence-corrected chi connectivity index (χ3v) is 0. The quantitative estimate of drug-likeness (QED) is 0.610. The first-order valence-corrected chi connectivity index (χ1v) is 2.43. The summed E-state index contributed by atoms with van der Waals surface area (Å²) >= 11 is 0. The van der Waals surface area contributed by atoms with Crippen molar-refractivity contribution >= 4 is 5.78 Å². The summed E-state index contributed by atoms with van der Waals surface area (Å²) in [6.07, 6.45) is 0.417. The molecule has 0 heterocycles. The van der Waals surface area contributed by atoms with Gasteiger partial charge in [-0.15, -0.1) is 0 Å². The standard InChI is InChI=1S/C3H7O.C3H6O.Y/c2*1-3(2)4;/h4H,1-2H3;1-2H3;/q-1;;. The molecule has 0 saturated heterocycles. The van der Waals surface area contributed by atoms with Gasteiger partial charge in [-0.3, -0.25) is 0 Å². The van der Waals surface area contributed by atoms with Gasteiger partial charge in [0.1, 0.15) is 5.78 Å². The molecule has 0 bridgehead atoms. The van der Waals surface area contributed by atoms with Gasteiger partial charge >= 0.3 is 0 Å². The third-order valence-electron chi connectivity index (χ3n) is 0. The summed E-state index contributed by atoms with van der Waals surface area (Å²) in [5.74, 6) is 0.167. The minimum atomic E-state index is 0. The van der Waals surface area contributed by atoms with Crippen molar-refractivity contribution in [2.24, 2.45) is 0 Å². The van der Waals surface area contributed by atoms with E-state index in [1.54, 1.807) is 13.8 Å². The van der Waals surface area contributed by atoms with E-state index in [0.29, 0.717) is 6.10 Å². The zero-order valence-corrected chi connectivity index (χ0v) is 9.27. The second kappa shape index (κ2) is 11.5. The van der Waals surface area contributed by atoms with Crippen LogP contribution in [0.15, 0.2) is 0 Å². The third kappa shape index (κ3) is 735. The Morgan fingerprint density at radius 3 is 1.33 bits per heavy atom. The van der Waals surface area contributed by atoms with Crippen molar-refractivity contribution in [3.63, 3.8) is 0 Å². The van der Waals surface area contributed by atoms with Crippen LogP contribution in [-0.4, -0.2) is 10.9 Å². The Labute approximate surface area is 81.9 Å². The number of ketones is 1. The van der Waals surface area contributed by atoms with Crippen molar-refractivity contribution in [3.8, 4) is 0 Å². The van der Waals surface area contributed by atoms with Crippen LogP contribution < -0.4 is 0 Å². The first-order chi connectivity index (χ1) is 3.46. The minimum Gasteiger partial charge on any atom is -0.563 e. The Balaban J connectivity index is -0.0000000720. The smallest absolute Gasteiger partial charge is 0.126 e. The minimum absolute atomic E-state index is 0. The number of aliphatic hydroxyl groups excluding tert-OH is 1. The fraction of sp³-hybridized carbons (Fsp3) is 0.667. The summed E-state index contributed by atoms with van der Waals surface area (Å²) in [7, 11) is 0. The molecule has 0 aromatic carbocycles. The molecule has 0 aliphatic carbocycles. The number of Topliss-reactive ketones (excluding diaryl/α,β-unsaturated/α-hetero) is 1. The maximum absolute atomic E-state index is 9.44. The van der Waals surface area contributed by atoms with Gasteiger partial charge in [0.2, 0.25) is 0 Å². The number of hydrogen-bond acceptors (Lipinski definition) is 2. The predicted octanol–water partition coefficient (Wildman–Crippen LogP) is 1.52. The van der Waals surface area contributed by atoms with Crippen LogP contribution in [0.1, 0.15) is 27.7 Å². The summed E-state index contributed by atoms with van der Waals surface area (Å²) in [5.41, 5.74) is 0. The van der Waals surface area contributed by atoms with E-state index in [2.05, 4.69) is 0 Å². The molecule has 1 radical (unpaired) electrons. The van der Waals surface area contributed by atoms with Gasteiger partial charge in [-0.1, -0.05) is 0 Å². The molecular formula is C6H13O2Y-. The van der Waals surface area contributed by atoms with Gasteiger partial charge in [0.25, 0.3) is 0 Å². The molecule has 0 spiro atoms. The number of carbonyl (C=O) groups is 1. The Hall–Kier alpha value is 0.734. The van der Waals surface area contributed by atoms with E-state index in [1.807, 2.05) is 0 Å². The number of hydrogen-bond donors (Lipinski definition) is 1. The van der Waals surface area contributed by atoms with Gasteiger partial charge in [0.05, 0.1) is 0 Å². The molecular weight excluding hydrogens is 193 g/mol. The Bertz CT molecular complexity index is 55.3. The molecule has 53 valence electrons.